The summed E-state index contributed by atoms with van der Waals surface area (Å²) in [5, 5.41) is 6.02. The van der Waals surface area contributed by atoms with Crippen molar-refractivity contribution in [3.63, 3.8) is 0 Å². The van der Waals surface area contributed by atoms with Crippen LogP contribution in [0.1, 0.15) is 63.5 Å². The average molecular weight is 450 g/mol. The Bertz CT molecular complexity index is 919. The van der Waals surface area contributed by atoms with Crippen LogP contribution in [0.3, 0.4) is 0 Å². The number of hydrogen-bond donors (Lipinski definition) is 2. The molecule has 1 saturated heterocycles. The number of likely N-dealkylation sites (tertiary alicyclic amines) is 1. The number of benzene rings is 2. The van der Waals surface area contributed by atoms with Gasteiger partial charge in [-0.3, -0.25) is 4.79 Å². The summed E-state index contributed by atoms with van der Waals surface area (Å²) < 4.78 is 6.13. The summed E-state index contributed by atoms with van der Waals surface area (Å²) >= 11 is 0. The highest BCUT2D eigenvalue weighted by Crippen LogP contribution is 2.29. The fraction of sp³-hybridized carbons (Fsp3) is 0.481. The zero-order chi connectivity index (χ0) is 23.0. The SMILES string of the molecule is CC(Oc1ccccc1NC(=O)NC1CCN(C(=O)C2CCCCC2)CC1)c1ccccc1. The largest absolute Gasteiger partial charge is 0.484 e. The molecule has 1 aliphatic heterocycles. The minimum Gasteiger partial charge on any atom is -0.484 e. The molecular weight excluding hydrogens is 414 g/mol. The summed E-state index contributed by atoms with van der Waals surface area (Å²) in [4.78, 5) is 27.5. The molecule has 4 rings (SSSR count). The fourth-order valence-electron chi connectivity index (χ4n) is 4.85. The number of para-hydroxylation sites is 2. The molecule has 2 aromatic carbocycles. The second-order valence-corrected chi connectivity index (χ2v) is 9.20. The molecule has 1 unspecified atom stereocenters. The van der Waals surface area contributed by atoms with E-state index in [0.29, 0.717) is 30.4 Å². The van der Waals surface area contributed by atoms with Gasteiger partial charge in [0.1, 0.15) is 11.9 Å². The van der Waals surface area contributed by atoms with E-state index in [9.17, 15) is 9.59 Å². The highest BCUT2D eigenvalue weighted by molar-refractivity contribution is 5.91. The molecule has 3 amide bonds. The molecule has 33 heavy (non-hydrogen) atoms. The minimum atomic E-state index is -0.240. The molecule has 1 atom stereocenters. The Kier molecular flexibility index (Phi) is 7.87. The molecule has 1 saturated carbocycles. The quantitative estimate of drug-likeness (QED) is 0.610. The number of nitrogens with zero attached hydrogens (tertiary/aromatic N) is 1. The number of anilines is 1. The Morgan fingerprint density at radius 3 is 2.30 bits per heavy atom. The molecule has 2 aliphatic rings. The number of piperidine rings is 1. The Labute approximate surface area is 196 Å². The van der Waals surface area contributed by atoms with Crippen LogP contribution in [0.25, 0.3) is 0 Å². The van der Waals surface area contributed by atoms with Gasteiger partial charge in [0.25, 0.3) is 0 Å². The number of carbonyl (C=O) groups is 2. The molecule has 0 spiro atoms. The second kappa shape index (κ2) is 11.2. The maximum Gasteiger partial charge on any atom is 0.319 e. The number of hydrogen-bond acceptors (Lipinski definition) is 3. The van der Waals surface area contributed by atoms with Crippen molar-refractivity contribution in [1.82, 2.24) is 10.2 Å². The third-order valence-electron chi connectivity index (χ3n) is 6.80. The van der Waals surface area contributed by atoms with E-state index in [1.165, 1.54) is 19.3 Å². The lowest BCUT2D eigenvalue weighted by Crippen LogP contribution is -2.49. The normalized spacial score (nSPS) is 18.4. The van der Waals surface area contributed by atoms with E-state index in [1.54, 1.807) is 0 Å². The van der Waals surface area contributed by atoms with Gasteiger partial charge in [0.15, 0.2) is 0 Å². The van der Waals surface area contributed by atoms with E-state index in [-0.39, 0.29) is 24.1 Å². The Morgan fingerprint density at radius 2 is 1.58 bits per heavy atom. The highest BCUT2D eigenvalue weighted by atomic mass is 16.5. The monoisotopic (exact) mass is 449 g/mol. The maximum atomic E-state index is 12.8. The molecule has 1 aliphatic carbocycles. The first-order valence-electron chi connectivity index (χ1n) is 12.3. The zero-order valence-electron chi connectivity index (χ0n) is 19.5. The summed E-state index contributed by atoms with van der Waals surface area (Å²) in [6, 6.07) is 17.3. The van der Waals surface area contributed by atoms with E-state index in [2.05, 4.69) is 10.6 Å². The summed E-state index contributed by atoms with van der Waals surface area (Å²) in [5.41, 5.74) is 1.72. The lowest BCUT2D eigenvalue weighted by atomic mass is 9.87. The zero-order valence-corrected chi connectivity index (χ0v) is 19.5. The van der Waals surface area contributed by atoms with Gasteiger partial charge in [0.05, 0.1) is 5.69 Å². The van der Waals surface area contributed by atoms with Crippen LogP contribution in [0.5, 0.6) is 5.75 Å². The summed E-state index contributed by atoms with van der Waals surface area (Å²) in [6.07, 6.45) is 7.10. The Morgan fingerprint density at radius 1 is 0.909 bits per heavy atom. The molecule has 0 bridgehead atoms. The molecular formula is C27H35N3O3. The number of nitrogens with one attached hydrogen (secondary N) is 2. The van der Waals surface area contributed by atoms with Crippen molar-refractivity contribution in [3.05, 3.63) is 60.2 Å². The number of rotatable bonds is 6. The fourth-order valence-corrected chi connectivity index (χ4v) is 4.85. The minimum absolute atomic E-state index is 0.0664. The molecule has 176 valence electrons. The summed E-state index contributed by atoms with van der Waals surface area (Å²) in [7, 11) is 0. The topological polar surface area (TPSA) is 70.7 Å². The van der Waals surface area contributed by atoms with Crippen LogP contribution in [0, 0.1) is 5.92 Å². The summed E-state index contributed by atoms with van der Waals surface area (Å²) in [5.74, 6) is 1.16. The van der Waals surface area contributed by atoms with Gasteiger partial charge in [-0.1, -0.05) is 61.7 Å². The molecule has 0 radical (unpaired) electrons. The molecule has 2 N–H and O–H groups in total. The van der Waals surface area contributed by atoms with Gasteiger partial charge >= 0.3 is 6.03 Å². The van der Waals surface area contributed by atoms with Crippen LogP contribution < -0.4 is 15.4 Å². The van der Waals surface area contributed by atoms with Crippen LogP contribution in [-0.4, -0.2) is 36.0 Å². The first-order chi connectivity index (χ1) is 16.1. The van der Waals surface area contributed by atoms with E-state index in [4.69, 9.17) is 4.74 Å². The third-order valence-corrected chi connectivity index (χ3v) is 6.80. The lowest BCUT2D eigenvalue weighted by molar-refractivity contribution is -0.137. The van der Waals surface area contributed by atoms with Crippen LogP contribution in [0.4, 0.5) is 10.5 Å². The number of urea groups is 1. The lowest BCUT2D eigenvalue weighted by Gasteiger charge is -2.35. The van der Waals surface area contributed by atoms with Crippen molar-refractivity contribution in [2.75, 3.05) is 18.4 Å². The van der Waals surface area contributed by atoms with Crippen molar-refractivity contribution >= 4 is 17.6 Å². The third kappa shape index (κ3) is 6.28. The average Bonchev–Trinajstić information content (AvgIpc) is 2.86. The van der Waals surface area contributed by atoms with Gasteiger partial charge in [0.2, 0.25) is 5.91 Å². The standard InChI is InChI=1S/C27H35N3O3/c1-20(21-10-4-2-5-11-21)33-25-15-9-8-14-24(25)29-27(32)28-23-16-18-30(19-17-23)26(31)22-12-6-3-7-13-22/h2,4-5,8-11,14-15,20,22-23H,3,6-7,12-13,16-19H2,1H3,(H2,28,29,32). The highest BCUT2D eigenvalue weighted by Gasteiger charge is 2.29. The van der Waals surface area contributed by atoms with E-state index in [1.807, 2.05) is 66.4 Å². The van der Waals surface area contributed by atoms with Gasteiger partial charge in [-0.25, -0.2) is 4.79 Å². The van der Waals surface area contributed by atoms with E-state index < -0.39 is 0 Å². The molecule has 0 aromatic heterocycles. The van der Waals surface area contributed by atoms with Gasteiger partial charge in [-0.2, -0.15) is 0 Å². The number of amides is 3. The Balaban J connectivity index is 1.27. The van der Waals surface area contributed by atoms with Crippen molar-refractivity contribution in [2.24, 2.45) is 5.92 Å². The maximum absolute atomic E-state index is 12.8. The first kappa shape index (κ1) is 23.1. The van der Waals surface area contributed by atoms with Crippen LogP contribution in [-0.2, 0) is 4.79 Å². The van der Waals surface area contributed by atoms with Crippen molar-refractivity contribution in [3.8, 4) is 5.75 Å². The van der Waals surface area contributed by atoms with Gasteiger partial charge in [-0.15, -0.1) is 0 Å². The predicted molar refractivity (Wildman–Crippen MR) is 130 cm³/mol. The smallest absolute Gasteiger partial charge is 0.319 e. The molecule has 2 fully saturated rings. The second-order valence-electron chi connectivity index (χ2n) is 9.20. The van der Waals surface area contributed by atoms with Crippen molar-refractivity contribution in [2.45, 2.75) is 64.0 Å². The van der Waals surface area contributed by atoms with Gasteiger partial charge in [-0.05, 0) is 50.3 Å². The van der Waals surface area contributed by atoms with Crippen LogP contribution in [0.2, 0.25) is 0 Å². The van der Waals surface area contributed by atoms with E-state index in [0.717, 1.165) is 31.2 Å². The molecule has 2 aromatic rings. The predicted octanol–water partition coefficient (Wildman–Crippen LogP) is 5.52. The number of carbonyl (C=O) groups excluding carboxylic acids is 2. The first-order valence-corrected chi connectivity index (χ1v) is 12.3. The number of ether oxygens (including phenoxy) is 1. The molecule has 6 heteroatoms. The van der Waals surface area contributed by atoms with Crippen molar-refractivity contribution in [1.29, 1.82) is 0 Å². The molecule has 6 nitrogen and oxygen atoms in total. The summed E-state index contributed by atoms with van der Waals surface area (Å²) in [6.45, 7) is 3.43. The van der Waals surface area contributed by atoms with E-state index >= 15 is 0 Å². The van der Waals surface area contributed by atoms with Gasteiger partial charge in [0, 0.05) is 25.0 Å². The Hall–Kier alpha value is -3.02. The molecule has 1 heterocycles. The van der Waals surface area contributed by atoms with Gasteiger partial charge < -0.3 is 20.3 Å². The van der Waals surface area contributed by atoms with Crippen LogP contribution >= 0.6 is 0 Å². The van der Waals surface area contributed by atoms with Crippen LogP contribution in [0.15, 0.2) is 54.6 Å². The van der Waals surface area contributed by atoms with Crippen molar-refractivity contribution < 1.29 is 14.3 Å².